The molecule has 0 bridgehead atoms. The van der Waals surface area contributed by atoms with E-state index in [1.165, 1.54) is 57.1 Å². The molecular weight excluding hydrogens is 372 g/mol. The number of rotatable bonds is 13. The van der Waals surface area contributed by atoms with Gasteiger partial charge in [-0.2, -0.15) is 8.42 Å². The van der Waals surface area contributed by atoms with Crippen molar-refractivity contribution >= 4 is 10.1 Å². The van der Waals surface area contributed by atoms with Crippen LogP contribution in [0.25, 0.3) is 0 Å². The van der Waals surface area contributed by atoms with Gasteiger partial charge in [-0.3, -0.25) is 4.55 Å². The summed E-state index contributed by atoms with van der Waals surface area (Å²) in [5.74, 6) is 1.13. The standard InChI is InChI=1S/C23H32O4S/c1-2-3-4-5-6-7-8-9-11-14-20-17-18-22(28(24,25)26)19-23(20)27-21-15-12-10-13-16-21/h10,12-13,15-19H,2-9,11,14H2,1H3,(H,24,25,26). The van der Waals surface area contributed by atoms with E-state index in [4.69, 9.17) is 4.74 Å². The number of hydrogen-bond donors (Lipinski definition) is 1. The van der Waals surface area contributed by atoms with E-state index in [2.05, 4.69) is 6.92 Å². The lowest BCUT2D eigenvalue weighted by Crippen LogP contribution is -2.00. The van der Waals surface area contributed by atoms with Gasteiger partial charge >= 0.3 is 0 Å². The van der Waals surface area contributed by atoms with Crippen molar-refractivity contribution in [2.24, 2.45) is 0 Å². The van der Waals surface area contributed by atoms with E-state index in [1.54, 1.807) is 6.07 Å². The lowest BCUT2D eigenvalue weighted by atomic mass is 10.0. The smallest absolute Gasteiger partial charge is 0.294 e. The topological polar surface area (TPSA) is 63.6 Å². The summed E-state index contributed by atoms with van der Waals surface area (Å²) in [6, 6.07) is 13.9. The summed E-state index contributed by atoms with van der Waals surface area (Å²) >= 11 is 0. The third kappa shape index (κ3) is 8.03. The summed E-state index contributed by atoms with van der Waals surface area (Å²) in [6.07, 6.45) is 12.1. The first-order chi connectivity index (χ1) is 13.5. The van der Waals surface area contributed by atoms with Gasteiger partial charge in [0.25, 0.3) is 10.1 Å². The summed E-state index contributed by atoms with van der Waals surface area (Å²) in [5, 5.41) is 0. The Hall–Kier alpha value is -1.85. The summed E-state index contributed by atoms with van der Waals surface area (Å²) in [7, 11) is -4.26. The van der Waals surface area contributed by atoms with E-state index in [9.17, 15) is 13.0 Å². The van der Waals surface area contributed by atoms with Gasteiger partial charge in [0.15, 0.2) is 0 Å². The van der Waals surface area contributed by atoms with Crippen molar-refractivity contribution in [3.8, 4) is 11.5 Å². The van der Waals surface area contributed by atoms with Crippen LogP contribution in [0.15, 0.2) is 53.4 Å². The predicted octanol–water partition coefficient (Wildman–Crippen LogP) is 6.80. The molecule has 154 valence electrons. The molecule has 2 aromatic rings. The zero-order valence-electron chi connectivity index (χ0n) is 16.8. The number of para-hydroxylation sites is 1. The molecule has 0 amide bonds. The van der Waals surface area contributed by atoms with E-state index in [0.29, 0.717) is 11.5 Å². The van der Waals surface area contributed by atoms with Crippen LogP contribution in [0.5, 0.6) is 11.5 Å². The molecule has 4 nitrogen and oxygen atoms in total. The van der Waals surface area contributed by atoms with Crippen LogP contribution >= 0.6 is 0 Å². The average molecular weight is 405 g/mol. The second-order valence-electron chi connectivity index (χ2n) is 7.24. The van der Waals surface area contributed by atoms with Crippen molar-refractivity contribution in [2.45, 2.75) is 76.0 Å². The highest BCUT2D eigenvalue weighted by Gasteiger charge is 2.14. The zero-order chi connectivity index (χ0) is 20.2. The molecule has 0 saturated heterocycles. The molecule has 0 unspecified atom stereocenters. The molecule has 0 atom stereocenters. The summed E-state index contributed by atoms with van der Waals surface area (Å²) in [6.45, 7) is 2.23. The van der Waals surface area contributed by atoms with Crippen LogP contribution in [-0.4, -0.2) is 13.0 Å². The molecular formula is C23H32O4S. The molecule has 0 aliphatic carbocycles. The molecule has 0 radical (unpaired) electrons. The molecule has 0 aliphatic heterocycles. The summed E-state index contributed by atoms with van der Waals surface area (Å²) in [5.41, 5.74) is 0.958. The highest BCUT2D eigenvalue weighted by Crippen LogP contribution is 2.29. The molecule has 0 spiro atoms. The quantitative estimate of drug-likeness (QED) is 0.294. The lowest BCUT2D eigenvalue weighted by Gasteiger charge is -2.12. The monoisotopic (exact) mass is 404 g/mol. The average Bonchev–Trinajstić information content (AvgIpc) is 2.67. The first-order valence-electron chi connectivity index (χ1n) is 10.3. The van der Waals surface area contributed by atoms with Crippen LogP contribution < -0.4 is 4.74 Å². The molecule has 28 heavy (non-hydrogen) atoms. The maximum atomic E-state index is 11.5. The Morgan fingerprint density at radius 3 is 2.04 bits per heavy atom. The van der Waals surface area contributed by atoms with E-state index >= 15 is 0 Å². The molecule has 0 fully saturated rings. The first kappa shape index (κ1) is 22.4. The molecule has 0 heterocycles. The second-order valence-corrected chi connectivity index (χ2v) is 8.66. The number of unbranched alkanes of at least 4 members (excludes halogenated alkanes) is 8. The van der Waals surface area contributed by atoms with E-state index < -0.39 is 10.1 Å². The van der Waals surface area contributed by atoms with Crippen molar-refractivity contribution in [1.29, 1.82) is 0 Å². The van der Waals surface area contributed by atoms with Gasteiger partial charge in [-0.25, -0.2) is 0 Å². The van der Waals surface area contributed by atoms with Gasteiger partial charge in [0.05, 0.1) is 4.90 Å². The third-order valence-electron chi connectivity index (χ3n) is 4.86. The maximum absolute atomic E-state index is 11.5. The van der Waals surface area contributed by atoms with E-state index in [0.717, 1.165) is 24.8 Å². The van der Waals surface area contributed by atoms with Crippen LogP contribution in [0.2, 0.25) is 0 Å². The fraction of sp³-hybridized carbons (Fsp3) is 0.478. The Balaban J connectivity index is 1.91. The van der Waals surface area contributed by atoms with Crippen LogP contribution in [0.3, 0.4) is 0 Å². The normalized spacial score (nSPS) is 11.5. The molecule has 5 heteroatoms. The van der Waals surface area contributed by atoms with Gasteiger partial charge in [-0.1, -0.05) is 82.6 Å². The van der Waals surface area contributed by atoms with Crippen LogP contribution in [0.4, 0.5) is 0 Å². The van der Waals surface area contributed by atoms with Crippen molar-refractivity contribution in [3.63, 3.8) is 0 Å². The van der Waals surface area contributed by atoms with Crippen molar-refractivity contribution in [2.75, 3.05) is 0 Å². The Kier molecular flexibility index (Phi) is 9.51. The minimum atomic E-state index is -4.26. The van der Waals surface area contributed by atoms with Crippen LogP contribution in [0.1, 0.15) is 70.3 Å². The van der Waals surface area contributed by atoms with Gasteiger partial charge < -0.3 is 4.74 Å². The van der Waals surface area contributed by atoms with Gasteiger partial charge in [0, 0.05) is 6.07 Å². The molecule has 0 aromatic heterocycles. The first-order valence-corrected chi connectivity index (χ1v) is 11.8. The van der Waals surface area contributed by atoms with Crippen LogP contribution in [0, 0.1) is 0 Å². The van der Waals surface area contributed by atoms with E-state index in [-0.39, 0.29) is 4.90 Å². The van der Waals surface area contributed by atoms with Crippen molar-refractivity contribution < 1.29 is 17.7 Å². The largest absolute Gasteiger partial charge is 0.457 e. The Morgan fingerprint density at radius 2 is 1.43 bits per heavy atom. The zero-order valence-corrected chi connectivity index (χ0v) is 17.6. The fourth-order valence-electron chi connectivity index (χ4n) is 3.24. The molecule has 2 rings (SSSR count). The summed E-state index contributed by atoms with van der Waals surface area (Å²) < 4.78 is 38.2. The molecule has 0 saturated carbocycles. The minimum Gasteiger partial charge on any atom is -0.457 e. The van der Waals surface area contributed by atoms with Crippen molar-refractivity contribution in [1.82, 2.24) is 0 Å². The highest BCUT2D eigenvalue weighted by molar-refractivity contribution is 7.85. The number of hydrogen-bond acceptors (Lipinski definition) is 3. The predicted molar refractivity (Wildman–Crippen MR) is 114 cm³/mol. The van der Waals surface area contributed by atoms with Gasteiger partial charge in [0.1, 0.15) is 11.5 Å². The molecule has 2 aromatic carbocycles. The number of aryl methyl sites for hydroxylation is 1. The van der Waals surface area contributed by atoms with Gasteiger partial charge in [-0.05, 0) is 36.6 Å². The maximum Gasteiger partial charge on any atom is 0.294 e. The second kappa shape index (κ2) is 11.9. The number of benzene rings is 2. The number of ether oxygens (including phenoxy) is 1. The van der Waals surface area contributed by atoms with E-state index in [1.807, 2.05) is 30.3 Å². The third-order valence-corrected chi connectivity index (χ3v) is 5.71. The van der Waals surface area contributed by atoms with Gasteiger partial charge in [0.2, 0.25) is 0 Å². The Bertz CT molecular complexity index is 801. The van der Waals surface area contributed by atoms with Crippen LogP contribution in [-0.2, 0) is 16.5 Å². The fourth-order valence-corrected chi connectivity index (χ4v) is 3.73. The lowest BCUT2D eigenvalue weighted by molar-refractivity contribution is 0.466. The highest BCUT2D eigenvalue weighted by atomic mass is 32.2. The SMILES string of the molecule is CCCCCCCCCCCc1ccc(S(=O)(=O)O)cc1Oc1ccccc1. The Morgan fingerprint density at radius 1 is 0.821 bits per heavy atom. The minimum absolute atomic E-state index is 0.144. The van der Waals surface area contributed by atoms with Gasteiger partial charge in [-0.15, -0.1) is 0 Å². The Labute approximate surface area is 169 Å². The summed E-state index contributed by atoms with van der Waals surface area (Å²) in [4.78, 5) is -0.144. The molecule has 0 aliphatic rings. The van der Waals surface area contributed by atoms with Crippen molar-refractivity contribution in [3.05, 3.63) is 54.1 Å². The molecule has 1 N–H and O–H groups in total.